The molecule has 1 saturated carbocycles. The van der Waals surface area contributed by atoms with Crippen LogP contribution in [-0.4, -0.2) is 58.9 Å². The number of likely N-dealkylation sites (N-methyl/N-ethyl adjacent to an activating group) is 1. The molecular formula is C20H25N3O5. The number of hydrogen-bond acceptors (Lipinski definition) is 5. The van der Waals surface area contributed by atoms with Gasteiger partial charge >= 0.3 is 5.97 Å². The number of amides is 3. The van der Waals surface area contributed by atoms with Gasteiger partial charge in [0.15, 0.2) is 0 Å². The maximum Gasteiger partial charge on any atom is 0.317 e. The fraction of sp³-hybridized carbons (Fsp3) is 0.500. The van der Waals surface area contributed by atoms with Crippen LogP contribution in [0.2, 0.25) is 0 Å². The molecule has 1 aliphatic heterocycles. The Bertz CT molecular complexity index is 771. The Labute approximate surface area is 163 Å². The van der Waals surface area contributed by atoms with Gasteiger partial charge in [-0.2, -0.15) is 0 Å². The van der Waals surface area contributed by atoms with Crippen LogP contribution >= 0.6 is 0 Å². The number of carboxylic acids is 1. The van der Waals surface area contributed by atoms with Gasteiger partial charge in [0.25, 0.3) is 5.91 Å². The van der Waals surface area contributed by atoms with Gasteiger partial charge in [-0.15, -0.1) is 0 Å². The standard InChI is InChI=1S/C20H25N3O5/c1-2-23(11-18(25)26)16-9-15(10-16)21-19(27)13-5-3-12(4-6-13)7-14-8-17(24)22-20(14)28/h3-6,14-16H,2,7-11H2,1H3,(H,21,27)(H,25,26)(H,22,24,28). The van der Waals surface area contributed by atoms with E-state index in [9.17, 15) is 19.2 Å². The molecule has 1 atom stereocenters. The van der Waals surface area contributed by atoms with Crippen LogP contribution in [-0.2, 0) is 20.8 Å². The zero-order valence-corrected chi connectivity index (χ0v) is 15.8. The zero-order chi connectivity index (χ0) is 20.3. The Balaban J connectivity index is 1.47. The molecule has 1 unspecified atom stereocenters. The first-order chi connectivity index (χ1) is 13.4. The highest BCUT2D eigenvalue weighted by atomic mass is 16.4. The molecule has 0 aromatic heterocycles. The molecule has 1 aromatic carbocycles. The number of rotatable bonds is 8. The van der Waals surface area contributed by atoms with Gasteiger partial charge in [-0.1, -0.05) is 19.1 Å². The number of carbonyl (C=O) groups excluding carboxylic acids is 3. The average Bonchev–Trinajstić information content (AvgIpc) is 2.93. The van der Waals surface area contributed by atoms with Crippen molar-refractivity contribution >= 4 is 23.7 Å². The van der Waals surface area contributed by atoms with E-state index in [1.165, 1.54) is 0 Å². The minimum Gasteiger partial charge on any atom is -0.480 e. The molecule has 2 aliphatic rings. The van der Waals surface area contributed by atoms with Crippen molar-refractivity contribution in [2.24, 2.45) is 5.92 Å². The van der Waals surface area contributed by atoms with Crippen molar-refractivity contribution < 1.29 is 24.3 Å². The number of carbonyl (C=O) groups is 4. The second-order valence-electron chi connectivity index (χ2n) is 7.47. The highest BCUT2D eigenvalue weighted by molar-refractivity contribution is 6.03. The first-order valence-electron chi connectivity index (χ1n) is 9.55. The average molecular weight is 387 g/mol. The van der Waals surface area contributed by atoms with E-state index in [1.54, 1.807) is 24.3 Å². The molecule has 1 saturated heterocycles. The zero-order valence-electron chi connectivity index (χ0n) is 15.8. The van der Waals surface area contributed by atoms with Gasteiger partial charge in [-0.05, 0) is 43.5 Å². The van der Waals surface area contributed by atoms with E-state index in [2.05, 4.69) is 10.6 Å². The second-order valence-corrected chi connectivity index (χ2v) is 7.47. The lowest BCUT2D eigenvalue weighted by Crippen LogP contribution is -2.54. The van der Waals surface area contributed by atoms with Gasteiger partial charge in [0.05, 0.1) is 12.5 Å². The molecular weight excluding hydrogens is 362 g/mol. The Morgan fingerprint density at radius 2 is 1.89 bits per heavy atom. The smallest absolute Gasteiger partial charge is 0.317 e. The lowest BCUT2D eigenvalue weighted by atomic mass is 9.85. The summed E-state index contributed by atoms with van der Waals surface area (Å²) in [6, 6.07) is 7.29. The van der Waals surface area contributed by atoms with Crippen molar-refractivity contribution in [3.8, 4) is 0 Å². The van der Waals surface area contributed by atoms with E-state index in [1.807, 2.05) is 11.8 Å². The van der Waals surface area contributed by atoms with Gasteiger partial charge in [0.2, 0.25) is 11.8 Å². The molecule has 0 radical (unpaired) electrons. The van der Waals surface area contributed by atoms with Crippen molar-refractivity contribution in [2.75, 3.05) is 13.1 Å². The number of hydrogen-bond donors (Lipinski definition) is 3. The fourth-order valence-corrected chi connectivity index (χ4v) is 3.79. The van der Waals surface area contributed by atoms with Crippen molar-refractivity contribution in [3.05, 3.63) is 35.4 Å². The highest BCUT2D eigenvalue weighted by Crippen LogP contribution is 2.26. The van der Waals surface area contributed by atoms with E-state index in [-0.39, 0.29) is 48.7 Å². The third-order valence-corrected chi connectivity index (χ3v) is 5.47. The van der Waals surface area contributed by atoms with Crippen LogP contribution < -0.4 is 10.6 Å². The molecule has 1 aliphatic carbocycles. The van der Waals surface area contributed by atoms with Crippen molar-refractivity contribution in [3.63, 3.8) is 0 Å². The lowest BCUT2D eigenvalue weighted by Gasteiger charge is -2.42. The number of nitrogens with one attached hydrogen (secondary N) is 2. The summed E-state index contributed by atoms with van der Waals surface area (Å²) in [5.74, 6) is -1.82. The van der Waals surface area contributed by atoms with Crippen LogP contribution in [0.5, 0.6) is 0 Å². The number of benzene rings is 1. The quantitative estimate of drug-likeness (QED) is 0.562. The minimum absolute atomic E-state index is 0.0217. The molecule has 1 aromatic rings. The van der Waals surface area contributed by atoms with E-state index >= 15 is 0 Å². The van der Waals surface area contributed by atoms with E-state index in [0.717, 1.165) is 18.4 Å². The van der Waals surface area contributed by atoms with Crippen molar-refractivity contribution in [1.29, 1.82) is 0 Å². The molecule has 8 heteroatoms. The summed E-state index contributed by atoms with van der Waals surface area (Å²) in [6.45, 7) is 2.62. The number of nitrogens with zero attached hydrogens (tertiary/aromatic N) is 1. The maximum atomic E-state index is 12.4. The first-order valence-corrected chi connectivity index (χ1v) is 9.55. The number of carboxylic acid groups (broad SMARTS) is 1. The van der Waals surface area contributed by atoms with Crippen LogP contribution in [0.3, 0.4) is 0 Å². The Hall–Kier alpha value is -2.74. The normalized spacial score (nSPS) is 24.0. The van der Waals surface area contributed by atoms with Crippen molar-refractivity contribution in [1.82, 2.24) is 15.5 Å². The second kappa shape index (κ2) is 8.52. The van der Waals surface area contributed by atoms with Gasteiger partial charge in [-0.3, -0.25) is 29.4 Å². The van der Waals surface area contributed by atoms with Crippen LogP contribution in [0.4, 0.5) is 0 Å². The fourth-order valence-electron chi connectivity index (χ4n) is 3.79. The number of aliphatic carboxylic acids is 1. The maximum absolute atomic E-state index is 12.4. The van der Waals surface area contributed by atoms with E-state index < -0.39 is 5.97 Å². The van der Waals surface area contributed by atoms with Gasteiger partial charge < -0.3 is 10.4 Å². The summed E-state index contributed by atoms with van der Waals surface area (Å²) < 4.78 is 0. The first kappa shape index (κ1) is 20.0. The summed E-state index contributed by atoms with van der Waals surface area (Å²) in [7, 11) is 0. The molecule has 3 amide bonds. The molecule has 3 N–H and O–H groups in total. The highest BCUT2D eigenvalue weighted by Gasteiger charge is 2.35. The molecule has 2 fully saturated rings. The Morgan fingerprint density at radius 3 is 2.43 bits per heavy atom. The van der Waals surface area contributed by atoms with Crippen molar-refractivity contribution in [2.45, 2.75) is 44.7 Å². The minimum atomic E-state index is -0.839. The molecule has 150 valence electrons. The molecule has 28 heavy (non-hydrogen) atoms. The van der Waals surface area contributed by atoms with Gasteiger partial charge in [-0.25, -0.2) is 0 Å². The summed E-state index contributed by atoms with van der Waals surface area (Å²) in [4.78, 5) is 48.1. The summed E-state index contributed by atoms with van der Waals surface area (Å²) in [6.07, 6.45) is 2.17. The molecule has 8 nitrogen and oxygen atoms in total. The third kappa shape index (κ3) is 4.75. The SMILES string of the molecule is CCN(CC(=O)O)C1CC(NC(=O)c2ccc(CC3CC(=O)NC3=O)cc2)C1. The monoisotopic (exact) mass is 387 g/mol. The largest absolute Gasteiger partial charge is 0.480 e. The molecule has 0 bridgehead atoms. The molecule has 0 spiro atoms. The van der Waals surface area contributed by atoms with Crippen LogP contribution in [0.15, 0.2) is 24.3 Å². The van der Waals surface area contributed by atoms with Crippen LogP contribution in [0.25, 0.3) is 0 Å². The summed E-state index contributed by atoms with van der Waals surface area (Å²) >= 11 is 0. The summed E-state index contributed by atoms with van der Waals surface area (Å²) in [5.41, 5.74) is 1.44. The third-order valence-electron chi connectivity index (χ3n) is 5.47. The van der Waals surface area contributed by atoms with E-state index in [0.29, 0.717) is 18.5 Å². The lowest BCUT2D eigenvalue weighted by molar-refractivity contribution is -0.139. The van der Waals surface area contributed by atoms with Gasteiger partial charge in [0.1, 0.15) is 0 Å². The van der Waals surface area contributed by atoms with Gasteiger partial charge in [0, 0.05) is 24.1 Å². The predicted octanol–water partition coefficient (Wildman–Crippen LogP) is 0.559. The topological polar surface area (TPSA) is 116 Å². The van der Waals surface area contributed by atoms with Crippen LogP contribution in [0, 0.1) is 5.92 Å². The number of imide groups is 1. The predicted molar refractivity (Wildman–Crippen MR) is 101 cm³/mol. The molecule has 1 heterocycles. The van der Waals surface area contributed by atoms with Crippen LogP contribution in [0.1, 0.15) is 42.1 Å². The van der Waals surface area contributed by atoms with E-state index in [4.69, 9.17) is 5.11 Å². The Kier molecular flexibility index (Phi) is 6.08. The molecule has 3 rings (SSSR count). The Morgan fingerprint density at radius 1 is 1.21 bits per heavy atom. The summed E-state index contributed by atoms with van der Waals surface area (Å²) in [5, 5.41) is 14.2.